The zero-order chi connectivity index (χ0) is 16.4. The summed E-state index contributed by atoms with van der Waals surface area (Å²) in [5.41, 5.74) is 1.51. The molecule has 1 aromatic heterocycles. The van der Waals surface area contributed by atoms with Crippen molar-refractivity contribution in [1.29, 1.82) is 0 Å². The number of halogens is 3. The van der Waals surface area contributed by atoms with Gasteiger partial charge in [-0.3, -0.25) is 9.89 Å². The number of aromatic nitrogens is 2. The van der Waals surface area contributed by atoms with E-state index in [2.05, 4.69) is 15.5 Å². The van der Waals surface area contributed by atoms with Gasteiger partial charge in [-0.1, -0.05) is 12.1 Å². The van der Waals surface area contributed by atoms with E-state index in [0.29, 0.717) is 28.3 Å². The van der Waals surface area contributed by atoms with Crippen molar-refractivity contribution < 1.29 is 18.0 Å². The van der Waals surface area contributed by atoms with Crippen LogP contribution in [-0.2, 0) is 0 Å². The van der Waals surface area contributed by atoms with Crippen molar-refractivity contribution in [3.05, 3.63) is 41.7 Å². The van der Waals surface area contributed by atoms with Crippen LogP contribution in [0.5, 0.6) is 0 Å². The topological polar surface area (TPSA) is 57.8 Å². The molecule has 1 fully saturated rings. The van der Waals surface area contributed by atoms with Crippen LogP contribution in [0.25, 0.3) is 0 Å². The van der Waals surface area contributed by atoms with Gasteiger partial charge in [0.25, 0.3) is 5.91 Å². The van der Waals surface area contributed by atoms with E-state index in [0.717, 1.165) is 18.5 Å². The number of carbonyl (C=O) groups excluding carboxylic acids is 1. The third-order valence-electron chi connectivity index (χ3n) is 3.37. The Balaban J connectivity index is 1.69. The molecule has 0 radical (unpaired) electrons. The lowest BCUT2D eigenvalue weighted by atomic mass is 10.2. The summed E-state index contributed by atoms with van der Waals surface area (Å²) in [5, 5.41) is 9.42. The number of carbonyl (C=O) groups is 1. The minimum absolute atomic E-state index is 0.238. The fraction of sp³-hybridized carbons (Fsp3) is 0.333. The molecule has 2 aromatic rings. The Bertz CT molecular complexity index is 710. The second-order valence-corrected chi connectivity index (χ2v) is 6.35. The molecule has 1 heterocycles. The van der Waals surface area contributed by atoms with Crippen molar-refractivity contribution in [1.82, 2.24) is 10.2 Å². The molecular weight excluding hydrogens is 327 g/mol. The Morgan fingerprint density at radius 3 is 2.78 bits per heavy atom. The highest BCUT2D eigenvalue weighted by Gasteiger charge is 2.28. The van der Waals surface area contributed by atoms with Crippen molar-refractivity contribution in [3.8, 4) is 0 Å². The first-order valence-corrected chi connectivity index (χ1v) is 8.06. The first-order valence-electron chi connectivity index (χ1n) is 7.07. The SMILES string of the molecule is O=C(Nc1ccccc1SCC(F)(F)F)c1cc(C2CC2)[nH]n1. The maximum Gasteiger partial charge on any atom is 0.398 e. The number of thioether (sulfide) groups is 1. The lowest BCUT2D eigenvalue weighted by molar-refractivity contribution is -0.105. The van der Waals surface area contributed by atoms with Gasteiger partial charge in [-0.15, -0.1) is 11.8 Å². The van der Waals surface area contributed by atoms with Gasteiger partial charge < -0.3 is 5.32 Å². The minimum atomic E-state index is -4.26. The second-order valence-electron chi connectivity index (χ2n) is 5.34. The van der Waals surface area contributed by atoms with E-state index >= 15 is 0 Å². The lowest BCUT2D eigenvalue weighted by Gasteiger charge is -2.11. The van der Waals surface area contributed by atoms with E-state index in [-0.39, 0.29) is 5.69 Å². The van der Waals surface area contributed by atoms with E-state index < -0.39 is 17.8 Å². The normalized spacial score (nSPS) is 14.7. The Kier molecular flexibility index (Phi) is 4.34. The Hall–Kier alpha value is -1.96. The molecule has 0 aliphatic heterocycles. The smallest absolute Gasteiger partial charge is 0.320 e. The molecular formula is C15H14F3N3OS. The van der Waals surface area contributed by atoms with Gasteiger partial charge in [0.2, 0.25) is 0 Å². The van der Waals surface area contributed by atoms with Gasteiger partial charge in [-0.2, -0.15) is 18.3 Å². The molecule has 0 unspecified atom stereocenters. The van der Waals surface area contributed by atoms with Gasteiger partial charge in [-0.05, 0) is 31.0 Å². The molecule has 0 spiro atoms. The average Bonchev–Trinajstić information content (AvgIpc) is 3.22. The van der Waals surface area contributed by atoms with Gasteiger partial charge in [0.15, 0.2) is 5.69 Å². The number of rotatable bonds is 5. The van der Waals surface area contributed by atoms with Crippen LogP contribution in [0.1, 0.15) is 34.9 Å². The number of alkyl halides is 3. The van der Waals surface area contributed by atoms with E-state index in [4.69, 9.17) is 0 Å². The molecule has 1 aromatic carbocycles. The predicted octanol–water partition coefficient (Wildman–Crippen LogP) is 4.19. The number of nitrogens with one attached hydrogen (secondary N) is 2. The summed E-state index contributed by atoms with van der Waals surface area (Å²) in [6.45, 7) is 0. The molecule has 1 aliphatic rings. The highest BCUT2D eigenvalue weighted by molar-refractivity contribution is 7.99. The predicted molar refractivity (Wildman–Crippen MR) is 81.7 cm³/mol. The number of para-hydroxylation sites is 1. The first kappa shape index (κ1) is 15.9. The Labute approximate surface area is 134 Å². The van der Waals surface area contributed by atoms with E-state index in [1.807, 2.05) is 0 Å². The quantitative estimate of drug-likeness (QED) is 0.802. The number of benzene rings is 1. The molecule has 122 valence electrons. The van der Waals surface area contributed by atoms with Crippen molar-refractivity contribution in [3.63, 3.8) is 0 Å². The van der Waals surface area contributed by atoms with Crippen molar-refractivity contribution in [2.24, 2.45) is 0 Å². The van der Waals surface area contributed by atoms with Crippen LogP contribution in [-0.4, -0.2) is 28.0 Å². The molecule has 0 bridgehead atoms. The standard InChI is InChI=1S/C15H14F3N3OS/c16-15(17,18)8-23-13-4-2-1-3-10(13)19-14(22)12-7-11(20-21-12)9-5-6-9/h1-4,7,9H,5-6,8H2,(H,19,22)(H,20,21). The summed E-state index contributed by atoms with van der Waals surface area (Å²) in [7, 11) is 0. The minimum Gasteiger partial charge on any atom is -0.320 e. The van der Waals surface area contributed by atoms with Crippen LogP contribution in [0.15, 0.2) is 35.2 Å². The molecule has 0 atom stereocenters. The van der Waals surface area contributed by atoms with E-state index in [1.54, 1.807) is 30.3 Å². The number of hydrogen-bond acceptors (Lipinski definition) is 3. The number of H-pyrrole nitrogens is 1. The number of aromatic amines is 1. The molecule has 3 rings (SSSR count). The molecule has 23 heavy (non-hydrogen) atoms. The zero-order valence-electron chi connectivity index (χ0n) is 12.0. The largest absolute Gasteiger partial charge is 0.398 e. The van der Waals surface area contributed by atoms with Crippen LogP contribution in [0, 0.1) is 0 Å². The van der Waals surface area contributed by atoms with Gasteiger partial charge in [0, 0.05) is 16.5 Å². The zero-order valence-corrected chi connectivity index (χ0v) is 12.8. The molecule has 8 heteroatoms. The maximum absolute atomic E-state index is 12.4. The second kappa shape index (κ2) is 6.27. The first-order chi connectivity index (χ1) is 10.9. The number of nitrogens with zero attached hydrogens (tertiary/aromatic N) is 1. The van der Waals surface area contributed by atoms with Gasteiger partial charge in [0.05, 0.1) is 11.4 Å². The third kappa shape index (κ3) is 4.28. The summed E-state index contributed by atoms with van der Waals surface area (Å²) >= 11 is 0.643. The molecule has 1 amide bonds. The van der Waals surface area contributed by atoms with Crippen molar-refractivity contribution >= 4 is 23.4 Å². The summed E-state index contributed by atoms with van der Waals surface area (Å²) in [5.74, 6) is -0.999. The summed E-state index contributed by atoms with van der Waals surface area (Å²) in [4.78, 5) is 12.6. The Morgan fingerprint density at radius 2 is 2.09 bits per heavy atom. The van der Waals surface area contributed by atoms with E-state index in [9.17, 15) is 18.0 Å². The van der Waals surface area contributed by atoms with Crippen LogP contribution < -0.4 is 5.32 Å². The lowest BCUT2D eigenvalue weighted by Crippen LogP contribution is -2.14. The molecule has 1 saturated carbocycles. The molecule has 2 N–H and O–H groups in total. The number of amides is 1. The maximum atomic E-state index is 12.4. The van der Waals surface area contributed by atoms with Crippen LogP contribution in [0.3, 0.4) is 0 Å². The molecule has 0 saturated heterocycles. The highest BCUT2D eigenvalue weighted by Crippen LogP contribution is 2.39. The van der Waals surface area contributed by atoms with E-state index in [1.165, 1.54) is 0 Å². The summed E-state index contributed by atoms with van der Waals surface area (Å²) in [6, 6.07) is 8.11. The van der Waals surface area contributed by atoms with Gasteiger partial charge >= 0.3 is 6.18 Å². The van der Waals surface area contributed by atoms with Crippen LogP contribution >= 0.6 is 11.8 Å². The number of anilines is 1. The van der Waals surface area contributed by atoms with Crippen LogP contribution in [0.4, 0.5) is 18.9 Å². The summed E-state index contributed by atoms with van der Waals surface area (Å²) < 4.78 is 37.1. The summed E-state index contributed by atoms with van der Waals surface area (Å²) in [6.07, 6.45) is -2.09. The average molecular weight is 341 g/mol. The fourth-order valence-corrected chi connectivity index (χ4v) is 2.87. The number of hydrogen-bond donors (Lipinski definition) is 2. The van der Waals surface area contributed by atoms with Crippen molar-refractivity contribution in [2.45, 2.75) is 29.8 Å². The van der Waals surface area contributed by atoms with Crippen LogP contribution in [0.2, 0.25) is 0 Å². The molecule has 1 aliphatic carbocycles. The third-order valence-corrected chi connectivity index (χ3v) is 4.51. The monoisotopic (exact) mass is 341 g/mol. The van der Waals surface area contributed by atoms with Gasteiger partial charge in [-0.25, -0.2) is 0 Å². The Morgan fingerprint density at radius 1 is 1.35 bits per heavy atom. The van der Waals surface area contributed by atoms with Gasteiger partial charge in [0.1, 0.15) is 0 Å². The fourth-order valence-electron chi connectivity index (χ4n) is 2.10. The molecule has 4 nitrogen and oxygen atoms in total. The highest BCUT2D eigenvalue weighted by atomic mass is 32.2. The van der Waals surface area contributed by atoms with Crippen molar-refractivity contribution in [2.75, 3.05) is 11.1 Å².